The summed E-state index contributed by atoms with van der Waals surface area (Å²) in [5.74, 6) is -1.12. The van der Waals surface area contributed by atoms with E-state index in [4.69, 9.17) is 4.74 Å². The molecule has 0 aliphatic heterocycles. The summed E-state index contributed by atoms with van der Waals surface area (Å²) in [7, 11) is 0. The molecule has 0 aliphatic carbocycles. The molecule has 0 radical (unpaired) electrons. The van der Waals surface area contributed by atoms with Crippen LogP contribution in [-0.4, -0.2) is 52.2 Å². The molecule has 11 nitrogen and oxygen atoms in total. The van der Waals surface area contributed by atoms with E-state index in [1.54, 1.807) is 20.8 Å². The topological polar surface area (TPSA) is 155 Å². The fourth-order valence-electron chi connectivity index (χ4n) is 1.74. The third kappa shape index (κ3) is 8.13. The van der Waals surface area contributed by atoms with Crippen LogP contribution in [0.3, 0.4) is 0 Å². The van der Waals surface area contributed by atoms with Gasteiger partial charge in [0.1, 0.15) is 11.2 Å². The molecule has 0 saturated carbocycles. The number of amides is 2. The first-order chi connectivity index (χ1) is 12.2. The van der Waals surface area contributed by atoms with E-state index in [1.807, 2.05) is 0 Å². The predicted octanol–water partition coefficient (Wildman–Crippen LogP) is 0.965. The summed E-state index contributed by atoms with van der Waals surface area (Å²) in [5.41, 5.74) is 3.76. The first-order valence-corrected chi connectivity index (χ1v) is 7.99. The van der Waals surface area contributed by atoms with Gasteiger partial charge in [0.2, 0.25) is 12.4 Å². The van der Waals surface area contributed by atoms with Crippen LogP contribution in [-0.2, 0) is 9.53 Å². The summed E-state index contributed by atoms with van der Waals surface area (Å²) < 4.78 is 5.05. The van der Waals surface area contributed by atoms with Crippen LogP contribution in [0.15, 0.2) is 6.20 Å². The van der Waals surface area contributed by atoms with Gasteiger partial charge in [-0.1, -0.05) is 0 Å². The summed E-state index contributed by atoms with van der Waals surface area (Å²) in [5, 5.41) is 14.7. The minimum atomic E-state index is -1.25. The molecule has 5 N–H and O–H groups in total. The van der Waals surface area contributed by atoms with Gasteiger partial charge in [0.15, 0.2) is 5.82 Å². The second kappa shape index (κ2) is 10.0. The molecule has 0 aromatic carbocycles. The lowest BCUT2D eigenvalue weighted by Gasteiger charge is -2.20. The van der Waals surface area contributed by atoms with Crippen molar-refractivity contribution in [1.82, 2.24) is 20.7 Å². The van der Waals surface area contributed by atoms with Crippen molar-refractivity contribution in [2.24, 2.45) is 0 Å². The van der Waals surface area contributed by atoms with E-state index in [2.05, 4.69) is 31.5 Å². The molecule has 1 rings (SSSR count). The van der Waals surface area contributed by atoms with Gasteiger partial charge >= 0.3 is 12.1 Å². The molecule has 1 aromatic rings. The lowest BCUT2D eigenvalue weighted by molar-refractivity contribution is -0.109. The Labute approximate surface area is 150 Å². The Hall–Kier alpha value is -3.11. The van der Waals surface area contributed by atoms with Gasteiger partial charge in [0, 0.05) is 19.3 Å². The summed E-state index contributed by atoms with van der Waals surface area (Å²) >= 11 is 0. The third-order valence-electron chi connectivity index (χ3n) is 2.82. The zero-order valence-electron chi connectivity index (χ0n) is 15.0. The van der Waals surface area contributed by atoms with Crippen LogP contribution in [0.25, 0.3) is 0 Å². The molecular formula is C15H24N6O5. The number of carboxylic acid groups (broad SMARTS) is 1. The number of nitrogens with zero attached hydrogens (tertiary/aromatic N) is 2. The predicted molar refractivity (Wildman–Crippen MR) is 93.8 cm³/mol. The minimum Gasteiger partial charge on any atom is -0.477 e. The highest BCUT2D eigenvalue weighted by atomic mass is 16.6. The van der Waals surface area contributed by atoms with Crippen molar-refractivity contribution in [3.63, 3.8) is 0 Å². The van der Waals surface area contributed by atoms with E-state index in [0.29, 0.717) is 19.5 Å². The molecule has 0 bridgehead atoms. The van der Waals surface area contributed by atoms with Crippen LogP contribution in [0.1, 0.15) is 44.0 Å². The van der Waals surface area contributed by atoms with Gasteiger partial charge in [-0.25, -0.2) is 20.0 Å². The number of aromatic nitrogens is 2. The van der Waals surface area contributed by atoms with Gasteiger partial charge in [-0.15, -0.1) is 0 Å². The van der Waals surface area contributed by atoms with Crippen LogP contribution < -0.4 is 21.5 Å². The molecule has 26 heavy (non-hydrogen) atoms. The fourth-order valence-corrected chi connectivity index (χ4v) is 1.74. The number of carbonyl (C=O) groups excluding carboxylic acids is 2. The zero-order chi connectivity index (χ0) is 19.6. The van der Waals surface area contributed by atoms with Crippen molar-refractivity contribution < 1.29 is 24.2 Å². The van der Waals surface area contributed by atoms with Gasteiger partial charge < -0.3 is 20.5 Å². The summed E-state index contributed by atoms with van der Waals surface area (Å²) in [4.78, 5) is 41.0. The van der Waals surface area contributed by atoms with E-state index in [-0.39, 0.29) is 17.3 Å². The highest BCUT2D eigenvalue weighted by Crippen LogP contribution is 2.14. The summed E-state index contributed by atoms with van der Waals surface area (Å²) in [6.07, 6.45) is 2.51. The summed E-state index contributed by atoms with van der Waals surface area (Å²) in [6, 6.07) is 0. The molecule has 0 aliphatic rings. The van der Waals surface area contributed by atoms with Gasteiger partial charge in [0.25, 0.3) is 0 Å². The average molecular weight is 368 g/mol. The van der Waals surface area contributed by atoms with Crippen LogP contribution in [0, 0.1) is 0 Å². The van der Waals surface area contributed by atoms with Crippen molar-refractivity contribution in [3.05, 3.63) is 11.8 Å². The lowest BCUT2D eigenvalue weighted by atomic mass is 10.2. The average Bonchev–Trinajstić information content (AvgIpc) is 2.54. The molecule has 0 spiro atoms. The Morgan fingerprint density at radius 2 is 1.96 bits per heavy atom. The van der Waals surface area contributed by atoms with Crippen LogP contribution >= 0.6 is 0 Å². The van der Waals surface area contributed by atoms with Crippen molar-refractivity contribution >= 4 is 30.2 Å². The van der Waals surface area contributed by atoms with E-state index in [1.165, 1.54) is 0 Å². The second-order valence-corrected chi connectivity index (χ2v) is 6.22. The molecular weight excluding hydrogens is 344 g/mol. The van der Waals surface area contributed by atoms with Crippen LogP contribution in [0.5, 0.6) is 0 Å². The van der Waals surface area contributed by atoms with Gasteiger partial charge in [-0.2, -0.15) is 4.98 Å². The molecule has 144 valence electrons. The van der Waals surface area contributed by atoms with E-state index in [9.17, 15) is 19.5 Å². The quantitative estimate of drug-likeness (QED) is 0.231. The van der Waals surface area contributed by atoms with Crippen LogP contribution in [0.4, 0.5) is 16.6 Å². The largest absolute Gasteiger partial charge is 0.477 e. The molecule has 0 atom stereocenters. The zero-order valence-corrected chi connectivity index (χ0v) is 15.0. The number of carboxylic acids is 1. The Kier molecular flexibility index (Phi) is 8.06. The number of aromatic carboxylic acids is 1. The van der Waals surface area contributed by atoms with Gasteiger partial charge in [-0.3, -0.25) is 10.2 Å². The lowest BCUT2D eigenvalue weighted by Crippen LogP contribution is -2.36. The fraction of sp³-hybridized carbons (Fsp3) is 0.533. The Morgan fingerprint density at radius 1 is 1.27 bits per heavy atom. The highest BCUT2D eigenvalue weighted by molar-refractivity contribution is 5.93. The number of rotatable bonds is 10. The molecule has 1 aromatic heterocycles. The number of hydrazine groups is 1. The van der Waals surface area contributed by atoms with Crippen molar-refractivity contribution in [1.29, 1.82) is 0 Å². The maximum Gasteiger partial charge on any atom is 0.426 e. The van der Waals surface area contributed by atoms with Gasteiger partial charge in [0.05, 0.1) is 0 Å². The number of anilines is 2. The van der Waals surface area contributed by atoms with E-state index in [0.717, 1.165) is 19.0 Å². The number of nitrogens with one attached hydrogen (secondary N) is 4. The molecule has 1 heterocycles. The molecule has 11 heteroatoms. The first-order valence-electron chi connectivity index (χ1n) is 7.99. The maximum absolute atomic E-state index is 11.7. The number of ether oxygens (including phenoxy) is 1. The maximum atomic E-state index is 11.7. The third-order valence-corrected chi connectivity index (χ3v) is 2.82. The molecule has 0 unspecified atom stereocenters. The first kappa shape index (κ1) is 20.9. The number of unbranched alkanes of at least 4 members (excludes halogenated alkanes) is 1. The molecule has 0 fully saturated rings. The second-order valence-electron chi connectivity index (χ2n) is 6.22. The Morgan fingerprint density at radius 3 is 2.58 bits per heavy atom. The highest BCUT2D eigenvalue weighted by Gasteiger charge is 2.18. The monoisotopic (exact) mass is 368 g/mol. The van der Waals surface area contributed by atoms with E-state index < -0.39 is 17.7 Å². The van der Waals surface area contributed by atoms with Crippen molar-refractivity contribution in [2.45, 2.75) is 39.2 Å². The summed E-state index contributed by atoms with van der Waals surface area (Å²) in [6.45, 7) is 6.20. The SMILES string of the molecule is CC(C)(C)OC(=O)NNc1nc(NCCCCNC=O)ncc1C(=O)O. The van der Waals surface area contributed by atoms with Crippen LogP contribution in [0.2, 0.25) is 0 Å². The van der Waals surface area contributed by atoms with E-state index >= 15 is 0 Å². The Balaban J connectivity index is 2.65. The number of hydrogen-bond donors (Lipinski definition) is 5. The molecule has 0 saturated heterocycles. The van der Waals surface area contributed by atoms with Gasteiger partial charge in [-0.05, 0) is 33.6 Å². The minimum absolute atomic E-state index is 0.0801. The Bertz CT molecular complexity index is 631. The number of carbonyl (C=O) groups is 3. The van der Waals surface area contributed by atoms with Crippen molar-refractivity contribution in [3.8, 4) is 0 Å². The number of hydrogen-bond acceptors (Lipinski definition) is 8. The van der Waals surface area contributed by atoms with Crippen molar-refractivity contribution in [2.75, 3.05) is 23.8 Å². The normalized spacial score (nSPS) is 10.6. The molecule has 2 amide bonds. The standard InChI is InChI=1S/C15H24N6O5/c1-15(2,3)26-14(25)21-20-11-10(12(23)24)8-18-13(19-11)17-7-5-4-6-16-9-22/h8-9H,4-7H2,1-3H3,(H,16,22)(H,21,25)(H,23,24)(H2,17,18,19,20). The smallest absolute Gasteiger partial charge is 0.426 e.